The van der Waals surface area contributed by atoms with E-state index >= 15 is 0 Å². The van der Waals surface area contributed by atoms with Gasteiger partial charge in [0.25, 0.3) is 5.91 Å². The zero-order chi connectivity index (χ0) is 21.0. The van der Waals surface area contributed by atoms with Crippen LogP contribution in [-0.4, -0.2) is 43.0 Å². The van der Waals surface area contributed by atoms with E-state index in [0.717, 1.165) is 43.4 Å². The van der Waals surface area contributed by atoms with E-state index in [1.807, 2.05) is 13.8 Å². The lowest BCUT2D eigenvalue weighted by atomic mass is 9.49. The minimum absolute atomic E-state index is 0.0606. The number of carbonyl (C=O) groups excluding carboxylic acids is 4. The number of rotatable bonds is 8. The van der Waals surface area contributed by atoms with E-state index in [-0.39, 0.29) is 23.9 Å². The van der Waals surface area contributed by atoms with Gasteiger partial charge in [0, 0.05) is 12.5 Å². The molecule has 8 heteroatoms. The summed E-state index contributed by atoms with van der Waals surface area (Å²) in [4.78, 5) is 47.4. The minimum atomic E-state index is -0.709. The Morgan fingerprint density at radius 1 is 1.00 bits per heavy atom. The molecule has 4 aliphatic carbocycles. The number of urea groups is 1. The van der Waals surface area contributed by atoms with E-state index in [1.165, 1.54) is 19.3 Å². The summed E-state index contributed by atoms with van der Waals surface area (Å²) in [7, 11) is 0. The van der Waals surface area contributed by atoms with Crippen LogP contribution in [0.15, 0.2) is 0 Å². The highest BCUT2D eigenvalue weighted by atomic mass is 16.5. The lowest BCUT2D eigenvalue weighted by Crippen LogP contribution is -2.48. The van der Waals surface area contributed by atoms with E-state index < -0.39 is 24.5 Å². The van der Waals surface area contributed by atoms with Gasteiger partial charge in [0.2, 0.25) is 5.91 Å². The van der Waals surface area contributed by atoms with Crippen molar-refractivity contribution in [3.8, 4) is 0 Å². The third-order valence-corrected chi connectivity index (χ3v) is 6.74. The van der Waals surface area contributed by atoms with E-state index in [4.69, 9.17) is 4.74 Å². The normalized spacial score (nSPS) is 30.3. The van der Waals surface area contributed by atoms with Crippen molar-refractivity contribution in [3.63, 3.8) is 0 Å². The van der Waals surface area contributed by atoms with Crippen LogP contribution >= 0.6 is 0 Å². The van der Waals surface area contributed by atoms with Gasteiger partial charge in [-0.1, -0.05) is 6.92 Å². The summed E-state index contributed by atoms with van der Waals surface area (Å²) in [6.07, 6.45) is 8.58. The second-order valence-corrected chi connectivity index (χ2v) is 9.36. The molecule has 0 aliphatic heterocycles. The Morgan fingerprint density at radius 2 is 1.59 bits per heavy atom. The largest absolute Gasteiger partial charge is 0.454 e. The van der Waals surface area contributed by atoms with Crippen LogP contribution in [0.25, 0.3) is 0 Å². The molecule has 29 heavy (non-hydrogen) atoms. The number of carbonyl (C=O) groups is 4. The van der Waals surface area contributed by atoms with Crippen LogP contribution in [0.5, 0.6) is 0 Å². The molecule has 4 saturated carbocycles. The van der Waals surface area contributed by atoms with E-state index in [0.29, 0.717) is 6.42 Å². The number of ether oxygens (including phenoxy) is 1. The van der Waals surface area contributed by atoms with Crippen LogP contribution < -0.4 is 16.0 Å². The fourth-order valence-electron chi connectivity index (χ4n) is 5.80. The van der Waals surface area contributed by atoms with Gasteiger partial charge in [0.05, 0.1) is 0 Å². The van der Waals surface area contributed by atoms with Crippen molar-refractivity contribution in [2.45, 2.75) is 71.3 Å². The topological polar surface area (TPSA) is 114 Å². The molecule has 0 spiro atoms. The molecule has 8 nitrogen and oxygen atoms in total. The van der Waals surface area contributed by atoms with Gasteiger partial charge < -0.3 is 15.4 Å². The fraction of sp³-hybridized carbons (Fsp3) is 0.810. The minimum Gasteiger partial charge on any atom is -0.454 e. The molecule has 0 aromatic rings. The first-order chi connectivity index (χ1) is 13.8. The standard InChI is InChI=1S/C21H33N3O5/c1-3-13(2)23-20(28)24-18(26)12-29-19(27)11-22-17(25)10-21-7-14-4-15(8-21)6-16(5-14)9-21/h13-16H,3-12H2,1-2H3,(H,22,25)(H2,23,24,26,28)/t13-,14?,15?,16?,21?/m1/s1. The van der Waals surface area contributed by atoms with Crippen molar-refractivity contribution in [2.75, 3.05) is 13.2 Å². The summed E-state index contributed by atoms with van der Waals surface area (Å²) in [5.74, 6) is 0.793. The van der Waals surface area contributed by atoms with Gasteiger partial charge in [0.1, 0.15) is 6.54 Å². The maximum atomic E-state index is 12.4. The Balaban J connectivity index is 1.33. The van der Waals surface area contributed by atoms with Gasteiger partial charge in [0.15, 0.2) is 6.61 Å². The van der Waals surface area contributed by atoms with Gasteiger partial charge >= 0.3 is 12.0 Å². The van der Waals surface area contributed by atoms with E-state index in [2.05, 4.69) is 16.0 Å². The molecule has 4 fully saturated rings. The Kier molecular flexibility index (Phi) is 6.80. The molecule has 4 rings (SSSR count). The van der Waals surface area contributed by atoms with Crippen LogP contribution in [0.4, 0.5) is 4.79 Å². The van der Waals surface area contributed by atoms with E-state index in [1.54, 1.807) is 0 Å². The maximum Gasteiger partial charge on any atom is 0.325 e. The highest BCUT2D eigenvalue weighted by molar-refractivity contribution is 5.95. The van der Waals surface area contributed by atoms with Gasteiger partial charge in [-0.2, -0.15) is 0 Å². The molecule has 0 aromatic carbocycles. The zero-order valence-corrected chi connectivity index (χ0v) is 17.4. The Morgan fingerprint density at radius 3 is 2.14 bits per heavy atom. The first kappa shape index (κ1) is 21.6. The maximum absolute atomic E-state index is 12.4. The third-order valence-electron chi connectivity index (χ3n) is 6.74. The van der Waals surface area contributed by atoms with Crippen molar-refractivity contribution in [3.05, 3.63) is 0 Å². The first-order valence-electron chi connectivity index (χ1n) is 10.8. The lowest BCUT2D eigenvalue weighted by Gasteiger charge is -2.56. The Bertz CT molecular complexity index is 627. The average Bonchev–Trinajstić information content (AvgIpc) is 2.63. The van der Waals surface area contributed by atoms with Crippen LogP contribution in [0.2, 0.25) is 0 Å². The van der Waals surface area contributed by atoms with Crippen molar-refractivity contribution < 1.29 is 23.9 Å². The summed E-state index contributed by atoms with van der Waals surface area (Å²) < 4.78 is 4.83. The summed E-state index contributed by atoms with van der Waals surface area (Å²) in [6, 6.07) is -0.682. The molecule has 4 bridgehead atoms. The van der Waals surface area contributed by atoms with Crippen LogP contribution in [0, 0.1) is 23.2 Å². The van der Waals surface area contributed by atoms with Crippen molar-refractivity contribution in [1.29, 1.82) is 0 Å². The molecule has 4 aliphatic rings. The number of nitrogens with one attached hydrogen (secondary N) is 3. The smallest absolute Gasteiger partial charge is 0.325 e. The number of hydrogen-bond acceptors (Lipinski definition) is 5. The summed E-state index contributed by atoms with van der Waals surface area (Å²) >= 11 is 0. The Labute approximate surface area is 171 Å². The zero-order valence-electron chi connectivity index (χ0n) is 17.4. The van der Waals surface area contributed by atoms with E-state index in [9.17, 15) is 19.2 Å². The predicted octanol–water partition coefficient (Wildman–Crippen LogP) is 1.88. The van der Waals surface area contributed by atoms with Gasteiger partial charge in [-0.05, 0) is 75.0 Å². The summed E-state index contributed by atoms with van der Waals surface area (Å²) in [6.45, 7) is 2.90. The monoisotopic (exact) mass is 407 g/mol. The number of hydrogen-bond donors (Lipinski definition) is 3. The summed E-state index contributed by atoms with van der Waals surface area (Å²) in [5, 5.41) is 7.31. The molecule has 162 valence electrons. The van der Waals surface area contributed by atoms with Crippen molar-refractivity contribution >= 4 is 23.8 Å². The first-order valence-corrected chi connectivity index (χ1v) is 10.8. The molecule has 0 aromatic heterocycles. The molecule has 0 radical (unpaired) electrons. The van der Waals surface area contributed by atoms with Crippen molar-refractivity contribution in [2.24, 2.45) is 23.2 Å². The lowest BCUT2D eigenvalue weighted by molar-refractivity contribution is -0.148. The molecule has 3 N–H and O–H groups in total. The predicted molar refractivity (Wildman–Crippen MR) is 106 cm³/mol. The third kappa shape index (κ3) is 5.93. The SMILES string of the molecule is CC[C@@H](C)NC(=O)NC(=O)COC(=O)CNC(=O)CC12CC3CC(CC(C3)C1)C2. The second-order valence-electron chi connectivity index (χ2n) is 9.36. The molecule has 0 heterocycles. The van der Waals surface area contributed by atoms with Gasteiger partial charge in [-0.15, -0.1) is 0 Å². The number of imide groups is 1. The molecule has 0 saturated heterocycles. The molecular weight excluding hydrogens is 374 g/mol. The second kappa shape index (κ2) is 9.13. The average molecular weight is 408 g/mol. The van der Waals surface area contributed by atoms with Gasteiger partial charge in [-0.25, -0.2) is 4.79 Å². The van der Waals surface area contributed by atoms with Crippen molar-refractivity contribution in [1.82, 2.24) is 16.0 Å². The highest BCUT2D eigenvalue weighted by Gasteiger charge is 2.51. The van der Waals surface area contributed by atoms with Crippen LogP contribution in [0.3, 0.4) is 0 Å². The fourth-order valence-corrected chi connectivity index (χ4v) is 5.80. The van der Waals surface area contributed by atoms with Crippen LogP contribution in [-0.2, 0) is 19.1 Å². The highest BCUT2D eigenvalue weighted by Crippen LogP contribution is 2.61. The quantitative estimate of drug-likeness (QED) is 0.532. The summed E-state index contributed by atoms with van der Waals surface area (Å²) in [5.41, 5.74) is 0.117. The van der Waals surface area contributed by atoms with Gasteiger partial charge in [-0.3, -0.25) is 19.7 Å². The molecule has 4 amide bonds. The molecule has 1 atom stereocenters. The number of amides is 4. The molecular formula is C21H33N3O5. The van der Waals surface area contributed by atoms with Crippen LogP contribution in [0.1, 0.15) is 65.2 Å². The molecule has 0 unspecified atom stereocenters. The number of esters is 1. The Hall–Kier alpha value is -2.12.